The molecule has 1 aliphatic rings. The van der Waals surface area contributed by atoms with Gasteiger partial charge in [0.25, 0.3) is 5.56 Å². The molecule has 190 valence electrons. The van der Waals surface area contributed by atoms with Crippen molar-refractivity contribution in [1.29, 1.82) is 0 Å². The Kier molecular flexibility index (Phi) is 5.68. The van der Waals surface area contributed by atoms with Crippen molar-refractivity contribution in [3.63, 3.8) is 0 Å². The second kappa shape index (κ2) is 9.19. The zero-order valence-electron chi connectivity index (χ0n) is 19.9. The number of fused-ring (bicyclic) bond motifs is 1. The quantitative estimate of drug-likeness (QED) is 0.348. The second-order valence-corrected chi connectivity index (χ2v) is 9.10. The highest BCUT2D eigenvalue weighted by Gasteiger charge is 2.29. The number of nitrogens with one attached hydrogen (secondary N) is 1. The lowest BCUT2D eigenvalue weighted by Gasteiger charge is -2.14. The lowest BCUT2D eigenvalue weighted by atomic mass is 10.1. The van der Waals surface area contributed by atoms with Gasteiger partial charge in [-0.2, -0.15) is 4.68 Å². The van der Waals surface area contributed by atoms with Crippen LogP contribution in [0.5, 0.6) is 0 Å². The molecule has 0 bridgehead atoms. The third-order valence-corrected chi connectivity index (χ3v) is 6.64. The molecule has 0 aliphatic carbocycles. The van der Waals surface area contributed by atoms with E-state index in [1.807, 2.05) is 0 Å². The van der Waals surface area contributed by atoms with Crippen LogP contribution in [0.15, 0.2) is 59.9 Å². The second-order valence-electron chi connectivity index (χ2n) is 8.66. The molecule has 1 aromatic carbocycles. The van der Waals surface area contributed by atoms with E-state index < -0.39 is 6.09 Å². The van der Waals surface area contributed by atoms with Gasteiger partial charge in [-0.3, -0.25) is 14.3 Å². The first-order valence-electron chi connectivity index (χ1n) is 11.5. The monoisotopic (exact) mass is 530 g/mol. The number of tetrazole rings is 1. The van der Waals surface area contributed by atoms with Crippen LogP contribution in [-0.2, 0) is 6.42 Å². The van der Waals surface area contributed by atoms with E-state index in [1.54, 1.807) is 47.3 Å². The maximum atomic E-state index is 13.3. The van der Waals surface area contributed by atoms with Crippen molar-refractivity contribution in [1.82, 2.24) is 44.7 Å². The Hall–Kier alpha value is -4.91. The van der Waals surface area contributed by atoms with Gasteiger partial charge in [0.15, 0.2) is 0 Å². The van der Waals surface area contributed by atoms with Crippen molar-refractivity contribution < 1.29 is 9.90 Å². The van der Waals surface area contributed by atoms with Gasteiger partial charge in [0.05, 0.1) is 29.3 Å². The minimum absolute atomic E-state index is 0.212. The number of pyridine rings is 1. The topological polar surface area (TPSA) is 161 Å². The summed E-state index contributed by atoms with van der Waals surface area (Å²) in [5, 5.41) is 21.0. The van der Waals surface area contributed by atoms with E-state index >= 15 is 0 Å². The summed E-state index contributed by atoms with van der Waals surface area (Å²) in [5.74, 6) is 1.57. The SMILES string of the molecule is CN(C(=O)O)c1ccc(-c2cnc([C@@H]3CCc4nc(-c5cc(Cl)ccc5-n5cnnn5)cc(=O)n43)[nH]2)cn1. The van der Waals surface area contributed by atoms with Crippen LogP contribution in [0.25, 0.3) is 28.2 Å². The summed E-state index contributed by atoms with van der Waals surface area (Å²) in [4.78, 5) is 42.3. The summed E-state index contributed by atoms with van der Waals surface area (Å²) < 4.78 is 3.14. The molecule has 1 aliphatic heterocycles. The molecule has 1 amide bonds. The van der Waals surface area contributed by atoms with Crippen molar-refractivity contribution in [2.45, 2.75) is 18.9 Å². The minimum atomic E-state index is -1.10. The molecule has 13 nitrogen and oxygen atoms in total. The number of hydrogen-bond donors (Lipinski definition) is 2. The van der Waals surface area contributed by atoms with Gasteiger partial charge in [-0.05, 0) is 47.2 Å². The first kappa shape index (κ1) is 23.5. The maximum absolute atomic E-state index is 13.3. The van der Waals surface area contributed by atoms with Crippen LogP contribution in [0.3, 0.4) is 0 Å². The molecule has 0 unspecified atom stereocenters. The van der Waals surface area contributed by atoms with E-state index in [2.05, 4.69) is 30.5 Å². The summed E-state index contributed by atoms with van der Waals surface area (Å²) in [7, 11) is 1.42. The Morgan fingerprint density at radius 1 is 1.18 bits per heavy atom. The first-order valence-corrected chi connectivity index (χ1v) is 11.9. The van der Waals surface area contributed by atoms with Gasteiger partial charge >= 0.3 is 6.09 Å². The predicted molar refractivity (Wildman–Crippen MR) is 136 cm³/mol. The normalized spacial score (nSPS) is 14.4. The smallest absolute Gasteiger partial charge is 0.412 e. The lowest BCUT2D eigenvalue weighted by Crippen LogP contribution is -2.25. The number of benzene rings is 1. The standard InChI is InChI=1S/C24H19ClN10O3/c1-33(24(37)38)20-6-2-13(10-26-20)17-11-27-23(30-17)19-5-7-21-29-16(9-22(36)35(19)21)15-8-14(25)3-4-18(15)34-12-28-31-32-34/h2-4,6,8-12,19H,5,7H2,1H3,(H,27,30)(H,37,38)/t19-/m0/s1. The zero-order chi connectivity index (χ0) is 26.4. The van der Waals surface area contributed by atoms with Crippen LogP contribution < -0.4 is 10.5 Å². The summed E-state index contributed by atoms with van der Waals surface area (Å²) in [5.41, 5.74) is 2.99. The molecule has 38 heavy (non-hydrogen) atoms. The molecule has 0 saturated carbocycles. The van der Waals surface area contributed by atoms with Gasteiger partial charge in [0, 0.05) is 41.9 Å². The number of anilines is 1. The highest BCUT2D eigenvalue weighted by molar-refractivity contribution is 6.31. The number of aromatic nitrogens is 9. The fourth-order valence-electron chi connectivity index (χ4n) is 4.52. The number of aromatic amines is 1. The molecular weight excluding hydrogens is 512 g/mol. The molecular formula is C24H19ClN10O3. The Morgan fingerprint density at radius 2 is 2.05 bits per heavy atom. The van der Waals surface area contributed by atoms with Crippen molar-refractivity contribution in [3.05, 3.63) is 82.1 Å². The first-order chi connectivity index (χ1) is 18.4. The molecule has 0 saturated heterocycles. The van der Waals surface area contributed by atoms with Gasteiger partial charge in [-0.15, -0.1) is 5.10 Å². The van der Waals surface area contributed by atoms with Gasteiger partial charge < -0.3 is 10.1 Å². The molecule has 0 fully saturated rings. The number of imidazole rings is 1. The van der Waals surface area contributed by atoms with Crippen LogP contribution in [0.1, 0.15) is 24.1 Å². The molecule has 5 aromatic rings. The number of halogens is 1. The van der Waals surface area contributed by atoms with Crippen LogP contribution in [0, 0.1) is 0 Å². The van der Waals surface area contributed by atoms with Crippen LogP contribution >= 0.6 is 11.6 Å². The molecule has 5 heterocycles. The van der Waals surface area contributed by atoms with E-state index in [-0.39, 0.29) is 11.6 Å². The summed E-state index contributed by atoms with van der Waals surface area (Å²) in [6.07, 6.45) is 4.84. The Labute approximate surface area is 219 Å². The number of carbonyl (C=O) groups is 1. The molecule has 0 spiro atoms. The third-order valence-electron chi connectivity index (χ3n) is 6.41. The average molecular weight is 531 g/mol. The molecule has 0 radical (unpaired) electrons. The van der Waals surface area contributed by atoms with Gasteiger partial charge in [-0.1, -0.05) is 11.6 Å². The van der Waals surface area contributed by atoms with Crippen molar-refractivity contribution >= 4 is 23.5 Å². The Bertz CT molecular complexity index is 1710. The van der Waals surface area contributed by atoms with Gasteiger partial charge in [-0.25, -0.2) is 19.7 Å². The van der Waals surface area contributed by atoms with E-state index in [4.69, 9.17) is 21.7 Å². The van der Waals surface area contributed by atoms with Gasteiger partial charge in [0.1, 0.15) is 23.8 Å². The van der Waals surface area contributed by atoms with Crippen molar-refractivity contribution in [2.75, 3.05) is 11.9 Å². The minimum Gasteiger partial charge on any atom is -0.465 e. The number of rotatable bonds is 5. The maximum Gasteiger partial charge on any atom is 0.412 e. The average Bonchev–Trinajstić information content (AvgIpc) is 3.69. The van der Waals surface area contributed by atoms with Crippen LogP contribution in [0.4, 0.5) is 10.6 Å². The van der Waals surface area contributed by atoms with Gasteiger partial charge in [0.2, 0.25) is 0 Å². The zero-order valence-corrected chi connectivity index (χ0v) is 20.6. The number of nitrogens with zero attached hydrogens (tertiary/aromatic N) is 9. The lowest BCUT2D eigenvalue weighted by molar-refractivity contribution is 0.203. The molecule has 14 heteroatoms. The third kappa shape index (κ3) is 4.08. The van der Waals surface area contributed by atoms with E-state index in [1.165, 1.54) is 24.1 Å². The molecule has 4 aromatic heterocycles. The largest absolute Gasteiger partial charge is 0.465 e. The highest BCUT2D eigenvalue weighted by Crippen LogP contribution is 2.32. The van der Waals surface area contributed by atoms with Crippen LogP contribution in [-0.4, -0.2) is 63.0 Å². The number of carboxylic acid groups (broad SMARTS) is 1. The number of amides is 1. The summed E-state index contributed by atoms with van der Waals surface area (Å²) in [6, 6.07) is 9.77. The van der Waals surface area contributed by atoms with Crippen LogP contribution in [0.2, 0.25) is 5.02 Å². The van der Waals surface area contributed by atoms with Crippen molar-refractivity contribution in [3.8, 4) is 28.2 Å². The number of H-pyrrole nitrogens is 1. The molecule has 6 rings (SSSR count). The molecule has 1 atom stereocenters. The summed E-state index contributed by atoms with van der Waals surface area (Å²) >= 11 is 6.26. The Morgan fingerprint density at radius 3 is 2.79 bits per heavy atom. The van der Waals surface area contributed by atoms with Crippen molar-refractivity contribution in [2.24, 2.45) is 0 Å². The Balaban J connectivity index is 1.32. The van der Waals surface area contributed by atoms with E-state index in [0.717, 1.165) is 10.5 Å². The fourth-order valence-corrected chi connectivity index (χ4v) is 4.69. The summed E-state index contributed by atoms with van der Waals surface area (Å²) in [6.45, 7) is 0. The number of aryl methyl sites for hydroxylation is 1. The predicted octanol–water partition coefficient (Wildman–Crippen LogP) is 2.97. The highest BCUT2D eigenvalue weighted by atomic mass is 35.5. The number of hydrogen-bond acceptors (Lipinski definition) is 8. The van der Waals surface area contributed by atoms with E-state index in [0.29, 0.717) is 58.0 Å². The van der Waals surface area contributed by atoms with E-state index in [9.17, 15) is 9.59 Å². The fraction of sp³-hybridized carbons (Fsp3) is 0.167. The molecule has 2 N–H and O–H groups in total.